The first-order chi connectivity index (χ1) is 6.36. The largest absolute Gasteiger partial charge is 0.298 e. The van der Waals surface area contributed by atoms with E-state index in [0.29, 0.717) is 12.1 Å². The van der Waals surface area contributed by atoms with E-state index in [-0.39, 0.29) is 0 Å². The zero-order valence-electron chi connectivity index (χ0n) is 7.27. The topological polar surface area (TPSA) is 46.5 Å². The Balaban J connectivity index is 2.48. The molecule has 1 rings (SSSR count). The van der Waals surface area contributed by atoms with Crippen molar-refractivity contribution in [2.24, 2.45) is 5.18 Å². The van der Waals surface area contributed by atoms with E-state index in [4.69, 9.17) is 0 Å². The molecule has 0 radical (unpaired) electrons. The highest BCUT2D eigenvalue weighted by molar-refractivity contribution is 5.74. The smallest absolute Gasteiger partial charge is 0.150 e. The second-order valence-electron chi connectivity index (χ2n) is 2.82. The van der Waals surface area contributed by atoms with Crippen molar-refractivity contribution < 1.29 is 4.79 Å². The van der Waals surface area contributed by atoms with Crippen molar-refractivity contribution in [3.8, 4) is 0 Å². The molecule has 1 aromatic rings. The molecule has 0 fully saturated rings. The predicted molar refractivity (Wildman–Crippen MR) is 50.8 cm³/mol. The summed E-state index contributed by atoms with van der Waals surface area (Å²) in [4.78, 5) is 20.1. The zero-order valence-corrected chi connectivity index (χ0v) is 7.27. The quantitative estimate of drug-likeness (QED) is 0.393. The van der Waals surface area contributed by atoms with Gasteiger partial charge in [-0.3, -0.25) is 4.79 Å². The molecular formula is C10H11NO2. The molecule has 0 aliphatic rings. The fraction of sp³-hybridized carbons (Fsp3) is 0.300. The molecule has 0 bridgehead atoms. The fourth-order valence-electron chi connectivity index (χ4n) is 1.11. The second kappa shape index (κ2) is 5.19. The molecule has 0 saturated carbocycles. The lowest BCUT2D eigenvalue weighted by molar-refractivity contribution is 0.112. The van der Waals surface area contributed by atoms with Crippen LogP contribution in [0.3, 0.4) is 0 Å². The third-order valence-corrected chi connectivity index (χ3v) is 1.83. The Morgan fingerprint density at radius 3 is 2.46 bits per heavy atom. The van der Waals surface area contributed by atoms with Crippen LogP contribution in [0.5, 0.6) is 0 Å². The van der Waals surface area contributed by atoms with Crippen molar-refractivity contribution in [2.75, 3.05) is 6.54 Å². The minimum Gasteiger partial charge on any atom is -0.298 e. The molecule has 3 nitrogen and oxygen atoms in total. The minimum atomic E-state index is 0.357. The Bertz CT molecular complexity index is 279. The number of carbonyl (C=O) groups excluding carboxylic acids is 1. The lowest BCUT2D eigenvalue weighted by Gasteiger charge is -1.98. The maximum atomic E-state index is 10.3. The lowest BCUT2D eigenvalue weighted by Crippen LogP contribution is -1.88. The SMILES string of the molecule is O=Cc1ccc(CCCN=O)cc1. The van der Waals surface area contributed by atoms with Crippen LogP contribution >= 0.6 is 0 Å². The monoisotopic (exact) mass is 177 g/mol. The zero-order chi connectivity index (χ0) is 9.52. The number of carbonyl (C=O) groups is 1. The second-order valence-corrected chi connectivity index (χ2v) is 2.82. The highest BCUT2D eigenvalue weighted by Gasteiger charge is 1.93. The van der Waals surface area contributed by atoms with Crippen LogP contribution in [0.4, 0.5) is 0 Å². The van der Waals surface area contributed by atoms with Crippen molar-refractivity contribution in [1.82, 2.24) is 0 Å². The summed E-state index contributed by atoms with van der Waals surface area (Å²) in [5.41, 5.74) is 1.81. The molecule has 0 aliphatic carbocycles. The Labute approximate surface area is 76.7 Å². The molecule has 0 unspecified atom stereocenters. The molecular weight excluding hydrogens is 166 g/mol. The average molecular weight is 177 g/mol. The van der Waals surface area contributed by atoms with Crippen molar-refractivity contribution in [2.45, 2.75) is 12.8 Å². The van der Waals surface area contributed by atoms with Gasteiger partial charge < -0.3 is 0 Å². The Morgan fingerprint density at radius 2 is 1.92 bits per heavy atom. The van der Waals surface area contributed by atoms with Crippen LogP contribution in [0, 0.1) is 4.91 Å². The summed E-state index contributed by atoms with van der Waals surface area (Å²) >= 11 is 0. The fourth-order valence-corrected chi connectivity index (χ4v) is 1.11. The van der Waals surface area contributed by atoms with Crippen LogP contribution < -0.4 is 0 Å². The average Bonchev–Trinajstić information content (AvgIpc) is 2.19. The first-order valence-corrected chi connectivity index (χ1v) is 4.20. The lowest BCUT2D eigenvalue weighted by atomic mass is 10.1. The van der Waals surface area contributed by atoms with Gasteiger partial charge in [-0.15, -0.1) is 0 Å². The van der Waals surface area contributed by atoms with Crippen molar-refractivity contribution in [3.05, 3.63) is 40.3 Å². The summed E-state index contributed by atoms with van der Waals surface area (Å²) in [5, 5.41) is 2.78. The van der Waals surface area contributed by atoms with E-state index in [2.05, 4.69) is 5.18 Å². The minimum absolute atomic E-state index is 0.357. The molecule has 1 aromatic carbocycles. The summed E-state index contributed by atoms with van der Waals surface area (Å²) in [6, 6.07) is 7.34. The maximum Gasteiger partial charge on any atom is 0.150 e. The molecule has 0 atom stereocenters. The van der Waals surface area contributed by atoms with E-state index in [1.54, 1.807) is 12.1 Å². The number of nitrogens with zero attached hydrogens (tertiary/aromatic N) is 1. The first kappa shape index (κ1) is 9.58. The van der Waals surface area contributed by atoms with Crippen LogP contribution in [0.15, 0.2) is 29.4 Å². The number of hydrogen-bond donors (Lipinski definition) is 0. The van der Waals surface area contributed by atoms with Gasteiger partial charge in [0.2, 0.25) is 0 Å². The van der Waals surface area contributed by atoms with E-state index in [1.807, 2.05) is 12.1 Å². The molecule has 0 N–H and O–H groups in total. The molecule has 0 amide bonds. The van der Waals surface area contributed by atoms with E-state index < -0.39 is 0 Å². The van der Waals surface area contributed by atoms with Gasteiger partial charge in [-0.25, -0.2) is 0 Å². The first-order valence-electron chi connectivity index (χ1n) is 4.20. The van der Waals surface area contributed by atoms with Gasteiger partial charge >= 0.3 is 0 Å². The van der Waals surface area contributed by atoms with E-state index >= 15 is 0 Å². The number of rotatable bonds is 5. The molecule has 0 saturated heterocycles. The number of aldehydes is 1. The van der Waals surface area contributed by atoms with Crippen LogP contribution in [0.25, 0.3) is 0 Å². The van der Waals surface area contributed by atoms with Gasteiger partial charge in [0.05, 0.1) is 6.54 Å². The number of aryl methyl sites for hydroxylation is 1. The molecule has 13 heavy (non-hydrogen) atoms. The van der Waals surface area contributed by atoms with Crippen LogP contribution in [-0.2, 0) is 6.42 Å². The Morgan fingerprint density at radius 1 is 1.23 bits per heavy atom. The van der Waals surface area contributed by atoms with Gasteiger partial charge in [-0.2, -0.15) is 4.91 Å². The summed E-state index contributed by atoms with van der Waals surface area (Å²) in [7, 11) is 0. The van der Waals surface area contributed by atoms with E-state index in [9.17, 15) is 9.70 Å². The number of benzene rings is 1. The van der Waals surface area contributed by atoms with Gasteiger partial charge in [0.1, 0.15) is 6.29 Å². The number of nitroso groups, excluding NO2 is 1. The van der Waals surface area contributed by atoms with Crippen molar-refractivity contribution in [3.63, 3.8) is 0 Å². The van der Waals surface area contributed by atoms with E-state index in [1.165, 1.54) is 0 Å². The summed E-state index contributed by atoms with van der Waals surface area (Å²) in [6.45, 7) is 0.357. The van der Waals surface area contributed by atoms with Crippen molar-refractivity contribution in [1.29, 1.82) is 0 Å². The third kappa shape index (κ3) is 3.15. The summed E-state index contributed by atoms with van der Waals surface area (Å²) < 4.78 is 0. The van der Waals surface area contributed by atoms with Crippen LogP contribution in [0.2, 0.25) is 0 Å². The highest BCUT2D eigenvalue weighted by Crippen LogP contribution is 2.05. The molecule has 3 heteroatoms. The molecule has 0 aromatic heterocycles. The molecule has 0 heterocycles. The van der Waals surface area contributed by atoms with Gasteiger partial charge in [0, 0.05) is 5.56 Å². The van der Waals surface area contributed by atoms with Gasteiger partial charge in [0.25, 0.3) is 0 Å². The van der Waals surface area contributed by atoms with Gasteiger partial charge in [0.15, 0.2) is 0 Å². The molecule has 68 valence electrons. The van der Waals surface area contributed by atoms with Crippen LogP contribution in [-0.4, -0.2) is 12.8 Å². The maximum absolute atomic E-state index is 10.3. The Kier molecular flexibility index (Phi) is 3.82. The predicted octanol–water partition coefficient (Wildman–Crippen LogP) is 2.20. The van der Waals surface area contributed by atoms with Crippen molar-refractivity contribution >= 4 is 6.29 Å². The Hall–Kier alpha value is -1.51. The van der Waals surface area contributed by atoms with Gasteiger partial charge in [-0.05, 0) is 18.4 Å². The van der Waals surface area contributed by atoms with E-state index in [0.717, 1.165) is 24.7 Å². The highest BCUT2D eigenvalue weighted by atomic mass is 16.3. The normalized spacial score (nSPS) is 9.54. The standard InChI is InChI=1S/C10H11NO2/c12-8-10-5-3-9(4-6-10)2-1-7-11-13/h3-6,8H,1-2,7H2. The molecule has 0 aliphatic heterocycles. The van der Waals surface area contributed by atoms with Crippen LogP contribution in [0.1, 0.15) is 22.3 Å². The van der Waals surface area contributed by atoms with Gasteiger partial charge in [-0.1, -0.05) is 29.4 Å². The summed E-state index contributed by atoms with van der Waals surface area (Å²) in [5.74, 6) is 0. The number of hydrogen-bond acceptors (Lipinski definition) is 3. The third-order valence-electron chi connectivity index (χ3n) is 1.83. The molecule has 0 spiro atoms. The summed E-state index contributed by atoms with van der Waals surface area (Å²) in [6.07, 6.45) is 2.42.